The number of methoxy groups -OCH3 is 2. The summed E-state index contributed by atoms with van der Waals surface area (Å²) >= 11 is 0. The molecule has 3 N–H and O–H groups in total. The average molecular weight is 499 g/mol. The van der Waals surface area contributed by atoms with Gasteiger partial charge in [0.05, 0.1) is 14.2 Å². The molecule has 0 saturated carbocycles. The summed E-state index contributed by atoms with van der Waals surface area (Å²) in [5, 5.41) is 16.5. The van der Waals surface area contributed by atoms with Gasteiger partial charge in [0.15, 0.2) is 5.96 Å². The minimum absolute atomic E-state index is 0. The number of nitrogens with zero attached hydrogens (tertiary/aromatic N) is 1. The van der Waals surface area contributed by atoms with Crippen LogP contribution in [0.15, 0.2) is 47.5 Å². The summed E-state index contributed by atoms with van der Waals surface area (Å²) in [5.41, 5.74) is 2.03. The summed E-state index contributed by atoms with van der Waals surface area (Å²) in [6.45, 7) is 3.45. The number of rotatable bonds is 8. The highest BCUT2D eigenvalue weighted by atomic mass is 127. The smallest absolute Gasteiger partial charge is 0.191 e. The van der Waals surface area contributed by atoms with E-state index in [1.54, 1.807) is 39.5 Å². The van der Waals surface area contributed by atoms with Crippen molar-refractivity contribution in [3.05, 3.63) is 53.6 Å². The molecule has 6 nitrogen and oxygen atoms in total. The van der Waals surface area contributed by atoms with Crippen LogP contribution in [0.2, 0.25) is 0 Å². The first-order chi connectivity index (χ1) is 13.1. The fraction of sp³-hybridized carbons (Fsp3) is 0.381. The van der Waals surface area contributed by atoms with Crippen LogP contribution in [0.5, 0.6) is 17.2 Å². The number of aromatic hydroxyl groups is 1. The third-order valence-electron chi connectivity index (χ3n) is 4.51. The lowest BCUT2D eigenvalue weighted by atomic mass is 9.98. The van der Waals surface area contributed by atoms with Crippen LogP contribution in [0.4, 0.5) is 0 Å². The first kappa shape index (κ1) is 23.9. The van der Waals surface area contributed by atoms with Crippen molar-refractivity contribution in [1.29, 1.82) is 0 Å². The molecule has 0 saturated heterocycles. The highest BCUT2D eigenvalue weighted by Gasteiger charge is 2.08. The lowest BCUT2D eigenvalue weighted by Gasteiger charge is -2.16. The number of nitrogens with one attached hydrogen (secondary N) is 2. The van der Waals surface area contributed by atoms with E-state index in [1.807, 2.05) is 12.1 Å². The number of benzene rings is 2. The summed E-state index contributed by atoms with van der Waals surface area (Å²) in [5.74, 6) is 2.92. The molecular weight excluding hydrogens is 469 g/mol. The van der Waals surface area contributed by atoms with Gasteiger partial charge in [-0.05, 0) is 48.2 Å². The second-order valence-electron chi connectivity index (χ2n) is 6.31. The number of guanidine groups is 1. The van der Waals surface area contributed by atoms with Crippen LogP contribution in [-0.2, 0) is 6.54 Å². The molecule has 0 amide bonds. The first-order valence-corrected chi connectivity index (χ1v) is 9.01. The monoisotopic (exact) mass is 499 g/mol. The fourth-order valence-electron chi connectivity index (χ4n) is 2.74. The van der Waals surface area contributed by atoms with Crippen molar-refractivity contribution in [2.24, 2.45) is 4.99 Å². The number of hydrogen-bond acceptors (Lipinski definition) is 4. The number of aliphatic imine (C=N–C) groups is 1. The molecule has 0 aliphatic rings. The highest BCUT2D eigenvalue weighted by molar-refractivity contribution is 14.0. The molecule has 0 aliphatic heterocycles. The largest absolute Gasteiger partial charge is 0.508 e. The van der Waals surface area contributed by atoms with Gasteiger partial charge in [0.2, 0.25) is 0 Å². The number of ether oxygens (including phenoxy) is 2. The van der Waals surface area contributed by atoms with Gasteiger partial charge in [-0.3, -0.25) is 4.99 Å². The molecule has 0 bridgehead atoms. The van der Waals surface area contributed by atoms with Crippen molar-refractivity contribution < 1.29 is 14.6 Å². The molecule has 2 aromatic rings. The van der Waals surface area contributed by atoms with E-state index in [9.17, 15) is 5.11 Å². The Balaban J connectivity index is 0.00000392. The van der Waals surface area contributed by atoms with Gasteiger partial charge in [-0.15, -0.1) is 24.0 Å². The van der Waals surface area contributed by atoms with Crippen LogP contribution >= 0.6 is 24.0 Å². The molecule has 7 heteroatoms. The molecule has 0 spiro atoms. The molecule has 1 atom stereocenters. The zero-order valence-corrected chi connectivity index (χ0v) is 19.2. The Morgan fingerprint density at radius 3 is 2.29 bits per heavy atom. The zero-order valence-electron chi connectivity index (χ0n) is 16.9. The summed E-state index contributed by atoms with van der Waals surface area (Å²) in [6.07, 6.45) is 0.970. The van der Waals surface area contributed by atoms with Crippen molar-refractivity contribution in [3.8, 4) is 17.2 Å². The van der Waals surface area contributed by atoms with Gasteiger partial charge in [-0.25, -0.2) is 0 Å². The predicted octanol–water partition coefficient (Wildman–Crippen LogP) is 3.89. The predicted molar refractivity (Wildman–Crippen MR) is 124 cm³/mol. The fourth-order valence-corrected chi connectivity index (χ4v) is 2.74. The maximum atomic E-state index is 9.96. The van der Waals surface area contributed by atoms with Gasteiger partial charge in [0.25, 0.3) is 0 Å². The highest BCUT2D eigenvalue weighted by Crippen LogP contribution is 2.23. The summed E-state index contributed by atoms with van der Waals surface area (Å²) < 4.78 is 10.4. The Morgan fingerprint density at radius 2 is 1.68 bits per heavy atom. The molecule has 0 radical (unpaired) electrons. The molecule has 2 aromatic carbocycles. The number of halogens is 1. The van der Waals surface area contributed by atoms with E-state index >= 15 is 0 Å². The summed E-state index contributed by atoms with van der Waals surface area (Å²) in [6, 6.07) is 13.3. The first-order valence-electron chi connectivity index (χ1n) is 9.01. The molecule has 1 unspecified atom stereocenters. The van der Waals surface area contributed by atoms with Crippen molar-refractivity contribution in [1.82, 2.24) is 10.6 Å². The average Bonchev–Trinajstić information content (AvgIpc) is 2.71. The topological polar surface area (TPSA) is 75.1 Å². The van der Waals surface area contributed by atoms with Gasteiger partial charge in [-0.1, -0.05) is 19.1 Å². The SMILES string of the molecule is CN=C(NCCC(C)c1ccc(OC)cc1)NCc1cc(OC)ccc1O.I. The van der Waals surface area contributed by atoms with E-state index in [-0.39, 0.29) is 29.7 Å². The quantitative estimate of drug-likeness (QED) is 0.292. The Hall–Kier alpha value is -2.16. The molecule has 0 fully saturated rings. The lowest BCUT2D eigenvalue weighted by molar-refractivity contribution is 0.410. The van der Waals surface area contributed by atoms with E-state index in [0.717, 1.165) is 24.3 Å². The molecule has 2 rings (SSSR count). The van der Waals surface area contributed by atoms with Crippen LogP contribution in [0, 0.1) is 0 Å². The molecular formula is C21H30IN3O3. The Labute approximate surface area is 184 Å². The van der Waals surface area contributed by atoms with E-state index in [0.29, 0.717) is 24.2 Å². The third kappa shape index (κ3) is 7.10. The van der Waals surface area contributed by atoms with Crippen molar-refractivity contribution in [3.63, 3.8) is 0 Å². The van der Waals surface area contributed by atoms with E-state index in [4.69, 9.17) is 9.47 Å². The summed E-state index contributed by atoms with van der Waals surface area (Å²) in [7, 11) is 5.01. The van der Waals surface area contributed by atoms with Crippen LogP contribution in [0.25, 0.3) is 0 Å². The van der Waals surface area contributed by atoms with Crippen molar-refractivity contribution in [2.45, 2.75) is 25.8 Å². The Morgan fingerprint density at radius 1 is 1.04 bits per heavy atom. The van der Waals surface area contributed by atoms with E-state index in [2.05, 4.69) is 34.7 Å². The lowest BCUT2D eigenvalue weighted by Crippen LogP contribution is -2.37. The van der Waals surface area contributed by atoms with Crippen LogP contribution in [-0.4, -0.2) is 38.9 Å². The molecule has 28 heavy (non-hydrogen) atoms. The number of phenolic OH excluding ortho intramolecular Hbond substituents is 1. The van der Waals surface area contributed by atoms with E-state index in [1.165, 1.54) is 5.56 Å². The molecule has 0 heterocycles. The minimum atomic E-state index is 0. The number of phenols is 1. The second-order valence-corrected chi connectivity index (χ2v) is 6.31. The van der Waals surface area contributed by atoms with Crippen molar-refractivity contribution in [2.75, 3.05) is 27.8 Å². The maximum Gasteiger partial charge on any atom is 0.191 e. The number of hydrogen-bond donors (Lipinski definition) is 3. The van der Waals surface area contributed by atoms with Crippen LogP contribution in [0.1, 0.15) is 30.4 Å². The maximum absolute atomic E-state index is 9.96. The van der Waals surface area contributed by atoms with Gasteiger partial charge < -0.3 is 25.2 Å². The van der Waals surface area contributed by atoms with E-state index < -0.39 is 0 Å². The molecule has 154 valence electrons. The minimum Gasteiger partial charge on any atom is -0.508 e. The summed E-state index contributed by atoms with van der Waals surface area (Å²) in [4.78, 5) is 4.23. The van der Waals surface area contributed by atoms with Gasteiger partial charge in [-0.2, -0.15) is 0 Å². The second kappa shape index (κ2) is 12.3. The Bertz CT molecular complexity index is 751. The standard InChI is InChI=1S/C21H29N3O3.HI/c1-15(16-5-7-18(26-3)8-6-16)11-12-23-21(22-2)24-14-17-13-19(27-4)9-10-20(17)25;/h5-10,13,15,25H,11-12,14H2,1-4H3,(H2,22,23,24);1H. The van der Waals surface area contributed by atoms with Gasteiger partial charge in [0, 0.05) is 25.7 Å². The zero-order chi connectivity index (χ0) is 19.6. The third-order valence-corrected chi connectivity index (χ3v) is 4.51. The van der Waals surface area contributed by atoms with Crippen molar-refractivity contribution >= 4 is 29.9 Å². The van der Waals surface area contributed by atoms with Crippen LogP contribution in [0.3, 0.4) is 0 Å². The molecule has 0 aliphatic carbocycles. The Kier molecular flexibility index (Phi) is 10.5. The van der Waals surface area contributed by atoms with Gasteiger partial charge >= 0.3 is 0 Å². The normalized spacial score (nSPS) is 11.9. The van der Waals surface area contributed by atoms with Crippen LogP contribution < -0.4 is 20.1 Å². The van der Waals surface area contributed by atoms with Gasteiger partial charge in [0.1, 0.15) is 17.2 Å². The molecule has 0 aromatic heterocycles.